The van der Waals surface area contributed by atoms with E-state index in [1.54, 1.807) is 0 Å². The first-order valence-corrected chi connectivity index (χ1v) is 6.81. The van der Waals surface area contributed by atoms with Gasteiger partial charge in [-0.25, -0.2) is 0 Å². The van der Waals surface area contributed by atoms with Crippen molar-refractivity contribution in [1.29, 1.82) is 0 Å². The summed E-state index contributed by atoms with van der Waals surface area (Å²) in [4.78, 5) is 2.19. The van der Waals surface area contributed by atoms with Crippen molar-refractivity contribution in [2.45, 2.75) is 19.4 Å². The lowest BCUT2D eigenvalue weighted by Crippen LogP contribution is -2.28. The fourth-order valence-corrected chi connectivity index (χ4v) is 2.19. The number of likely N-dealkylation sites (N-methyl/N-ethyl adjacent to an activating group) is 1. The van der Waals surface area contributed by atoms with E-state index in [1.165, 1.54) is 16.8 Å². The van der Waals surface area contributed by atoms with Gasteiger partial charge in [0.25, 0.3) is 0 Å². The Bertz CT molecular complexity index is 490. The van der Waals surface area contributed by atoms with Crippen molar-refractivity contribution in [3.63, 3.8) is 0 Å². The average molecular weight is 254 g/mol. The van der Waals surface area contributed by atoms with E-state index in [4.69, 9.17) is 5.73 Å². The molecule has 0 radical (unpaired) electrons. The lowest BCUT2D eigenvalue weighted by Gasteiger charge is -2.23. The van der Waals surface area contributed by atoms with E-state index >= 15 is 0 Å². The highest BCUT2D eigenvalue weighted by atomic mass is 15.1. The number of para-hydroxylation sites is 1. The van der Waals surface area contributed by atoms with Gasteiger partial charge in [0, 0.05) is 25.3 Å². The normalized spacial score (nSPS) is 12.2. The Balaban J connectivity index is 2.02. The minimum atomic E-state index is 0.0381. The van der Waals surface area contributed by atoms with Crippen molar-refractivity contribution >= 4 is 5.69 Å². The van der Waals surface area contributed by atoms with Crippen molar-refractivity contribution in [3.05, 3.63) is 65.7 Å². The number of aryl methyl sites for hydroxylation is 1. The van der Waals surface area contributed by atoms with Crippen LogP contribution in [0.3, 0.4) is 0 Å². The number of hydrogen-bond donors (Lipinski definition) is 1. The van der Waals surface area contributed by atoms with Crippen LogP contribution in [0.5, 0.6) is 0 Å². The lowest BCUT2D eigenvalue weighted by molar-refractivity contribution is 0.703. The third-order valence-corrected chi connectivity index (χ3v) is 3.48. The van der Waals surface area contributed by atoms with Crippen LogP contribution in [-0.2, 0) is 6.42 Å². The van der Waals surface area contributed by atoms with Gasteiger partial charge in [-0.1, -0.05) is 49.4 Å². The molecule has 2 aromatic carbocycles. The van der Waals surface area contributed by atoms with Gasteiger partial charge in [-0.05, 0) is 29.7 Å². The highest BCUT2D eigenvalue weighted by Gasteiger charge is 2.09. The molecule has 0 aliphatic carbocycles. The minimum absolute atomic E-state index is 0.0381. The molecule has 0 fully saturated rings. The van der Waals surface area contributed by atoms with Gasteiger partial charge in [0.05, 0.1) is 0 Å². The molecule has 2 nitrogen and oxygen atoms in total. The van der Waals surface area contributed by atoms with Crippen LogP contribution in [0, 0.1) is 0 Å². The third-order valence-electron chi connectivity index (χ3n) is 3.48. The van der Waals surface area contributed by atoms with Crippen molar-refractivity contribution < 1.29 is 0 Å². The first kappa shape index (κ1) is 13.6. The fraction of sp³-hybridized carbons (Fsp3) is 0.294. The molecule has 0 spiro atoms. The van der Waals surface area contributed by atoms with Crippen LogP contribution >= 0.6 is 0 Å². The van der Waals surface area contributed by atoms with Crippen molar-refractivity contribution in [1.82, 2.24) is 0 Å². The van der Waals surface area contributed by atoms with Crippen LogP contribution in [-0.4, -0.2) is 13.6 Å². The van der Waals surface area contributed by atoms with Crippen molar-refractivity contribution in [3.8, 4) is 0 Å². The topological polar surface area (TPSA) is 29.3 Å². The van der Waals surface area contributed by atoms with Gasteiger partial charge in [-0.3, -0.25) is 0 Å². The third kappa shape index (κ3) is 3.58. The molecule has 0 aliphatic heterocycles. The predicted molar refractivity (Wildman–Crippen MR) is 82.5 cm³/mol. The largest absolute Gasteiger partial charge is 0.373 e. The second kappa shape index (κ2) is 6.39. The zero-order valence-electron chi connectivity index (χ0n) is 11.7. The quantitative estimate of drug-likeness (QED) is 0.886. The van der Waals surface area contributed by atoms with Gasteiger partial charge in [0.15, 0.2) is 0 Å². The summed E-state index contributed by atoms with van der Waals surface area (Å²) in [5.41, 5.74) is 10.0. The summed E-state index contributed by atoms with van der Waals surface area (Å²) in [6.45, 7) is 2.98. The SMILES string of the molecule is CCc1ccc(C(N)CN(C)c2ccccc2)cc1. The number of anilines is 1. The Labute approximate surface area is 115 Å². The number of rotatable bonds is 5. The maximum absolute atomic E-state index is 6.28. The summed E-state index contributed by atoms with van der Waals surface area (Å²) in [5, 5.41) is 0. The highest BCUT2D eigenvalue weighted by Crippen LogP contribution is 2.17. The van der Waals surface area contributed by atoms with Crippen molar-refractivity contribution in [2.24, 2.45) is 5.73 Å². The van der Waals surface area contributed by atoms with E-state index in [1.807, 2.05) is 18.2 Å². The molecule has 0 heterocycles. The Morgan fingerprint density at radius 1 is 1.00 bits per heavy atom. The molecule has 1 unspecified atom stereocenters. The van der Waals surface area contributed by atoms with Crippen LogP contribution in [0.4, 0.5) is 5.69 Å². The number of hydrogen-bond acceptors (Lipinski definition) is 2. The van der Waals surface area contributed by atoms with Crippen molar-refractivity contribution in [2.75, 3.05) is 18.5 Å². The van der Waals surface area contributed by atoms with Crippen LogP contribution in [0.25, 0.3) is 0 Å². The summed E-state index contributed by atoms with van der Waals surface area (Å²) in [7, 11) is 2.08. The number of nitrogens with two attached hydrogens (primary N) is 1. The maximum atomic E-state index is 6.28. The van der Waals surface area contributed by atoms with E-state index in [9.17, 15) is 0 Å². The molecule has 2 aromatic rings. The summed E-state index contributed by atoms with van der Waals surface area (Å²) in [6, 6.07) is 19.0. The molecular formula is C17H22N2. The molecule has 0 amide bonds. The Kier molecular flexibility index (Phi) is 4.58. The number of nitrogens with zero attached hydrogens (tertiary/aromatic N) is 1. The van der Waals surface area contributed by atoms with E-state index < -0.39 is 0 Å². The van der Waals surface area contributed by atoms with E-state index in [2.05, 4.69) is 55.3 Å². The molecule has 0 saturated carbocycles. The number of benzene rings is 2. The van der Waals surface area contributed by atoms with Gasteiger partial charge < -0.3 is 10.6 Å². The van der Waals surface area contributed by atoms with Gasteiger partial charge >= 0.3 is 0 Å². The predicted octanol–water partition coefficient (Wildman–Crippen LogP) is 3.39. The summed E-state index contributed by atoms with van der Waals surface area (Å²) >= 11 is 0. The molecule has 0 aliphatic rings. The molecule has 2 N–H and O–H groups in total. The summed E-state index contributed by atoms with van der Waals surface area (Å²) in [6.07, 6.45) is 1.07. The second-order valence-electron chi connectivity index (χ2n) is 4.92. The first-order valence-electron chi connectivity index (χ1n) is 6.81. The molecule has 100 valence electrons. The molecule has 0 aromatic heterocycles. The summed E-state index contributed by atoms with van der Waals surface area (Å²) in [5.74, 6) is 0. The lowest BCUT2D eigenvalue weighted by atomic mass is 10.0. The van der Waals surface area contributed by atoms with Gasteiger partial charge in [0.1, 0.15) is 0 Å². The van der Waals surface area contributed by atoms with Gasteiger partial charge in [-0.15, -0.1) is 0 Å². The Morgan fingerprint density at radius 2 is 1.63 bits per heavy atom. The smallest absolute Gasteiger partial charge is 0.0473 e. The second-order valence-corrected chi connectivity index (χ2v) is 4.92. The average Bonchev–Trinajstić information content (AvgIpc) is 2.48. The molecular weight excluding hydrogens is 232 g/mol. The van der Waals surface area contributed by atoms with Crippen LogP contribution in [0.2, 0.25) is 0 Å². The molecule has 2 rings (SSSR count). The molecule has 0 bridgehead atoms. The monoisotopic (exact) mass is 254 g/mol. The molecule has 2 heteroatoms. The first-order chi connectivity index (χ1) is 9.20. The summed E-state index contributed by atoms with van der Waals surface area (Å²) < 4.78 is 0. The zero-order chi connectivity index (χ0) is 13.7. The van der Waals surface area contributed by atoms with Crippen LogP contribution in [0.1, 0.15) is 24.1 Å². The molecule has 1 atom stereocenters. The maximum Gasteiger partial charge on any atom is 0.0473 e. The van der Waals surface area contributed by atoms with Gasteiger partial charge in [0.2, 0.25) is 0 Å². The highest BCUT2D eigenvalue weighted by molar-refractivity contribution is 5.45. The molecule has 19 heavy (non-hydrogen) atoms. The van der Waals surface area contributed by atoms with E-state index in [0.717, 1.165) is 13.0 Å². The Hall–Kier alpha value is -1.80. The minimum Gasteiger partial charge on any atom is -0.373 e. The fourth-order valence-electron chi connectivity index (χ4n) is 2.19. The van der Waals surface area contributed by atoms with Gasteiger partial charge in [-0.2, -0.15) is 0 Å². The Morgan fingerprint density at radius 3 is 2.21 bits per heavy atom. The zero-order valence-corrected chi connectivity index (χ0v) is 11.7. The van der Waals surface area contributed by atoms with Crippen LogP contribution < -0.4 is 10.6 Å². The van der Waals surface area contributed by atoms with Crippen LogP contribution in [0.15, 0.2) is 54.6 Å². The van der Waals surface area contributed by atoms with E-state index in [-0.39, 0.29) is 6.04 Å². The standard InChI is InChI=1S/C17H22N2/c1-3-14-9-11-15(12-10-14)17(18)13-19(2)16-7-5-4-6-8-16/h4-12,17H,3,13,18H2,1-2H3. The van der Waals surface area contributed by atoms with E-state index in [0.29, 0.717) is 0 Å². The molecule has 0 saturated heterocycles.